The van der Waals surface area contributed by atoms with Gasteiger partial charge in [-0.1, -0.05) is 5.76 Å². The number of ether oxygens (including phenoxy) is 2. The van der Waals surface area contributed by atoms with E-state index in [2.05, 4.69) is 9.47 Å². The zero-order chi connectivity index (χ0) is 16.0. The predicted molar refractivity (Wildman–Crippen MR) is 62.6 cm³/mol. The Bertz CT molecular complexity index is 575. The summed E-state index contributed by atoms with van der Waals surface area (Å²) in [4.78, 5) is 22.3. The van der Waals surface area contributed by atoms with Crippen LogP contribution in [0, 0.1) is 5.82 Å². The van der Waals surface area contributed by atoms with E-state index in [0.717, 1.165) is 12.1 Å². The molecule has 0 amide bonds. The first-order chi connectivity index (χ1) is 9.83. The van der Waals surface area contributed by atoms with Gasteiger partial charge in [0.25, 0.3) is 5.78 Å². The molecule has 0 heterocycles. The fourth-order valence-electron chi connectivity index (χ4n) is 1.34. The monoisotopic (exact) mass is 310 g/mol. The summed E-state index contributed by atoms with van der Waals surface area (Å²) in [5.41, 5.74) is -0.414. The summed E-state index contributed by atoms with van der Waals surface area (Å²) in [6.45, 7) is -1.79. The number of carbonyl (C=O) groups is 2. The van der Waals surface area contributed by atoms with Gasteiger partial charge >= 0.3 is 31.4 Å². The minimum absolute atomic E-state index is 0. The first-order valence-corrected chi connectivity index (χ1v) is 5.69. The summed E-state index contributed by atoms with van der Waals surface area (Å²) in [7, 11) is 0. The van der Waals surface area contributed by atoms with Crippen molar-refractivity contribution < 1.29 is 56.2 Å². The second-order valence-electron chi connectivity index (χ2n) is 3.65. The van der Waals surface area contributed by atoms with Crippen LogP contribution in [0.2, 0.25) is 0 Å². The van der Waals surface area contributed by atoms with Crippen molar-refractivity contribution >= 4 is 17.5 Å². The Kier molecular flexibility index (Phi) is 8.38. The van der Waals surface area contributed by atoms with E-state index in [9.17, 15) is 27.9 Å². The summed E-state index contributed by atoms with van der Waals surface area (Å²) in [6, 6.07) is 2.19. The number of hydrogen-bond acceptors (Lipinski definition) is 5. The zero-order valence-electron chi connectivity index (χ0n) is 11.8. The molecule has 1 aromatic rings. The maximum absolute atomic E-state index is 13.2. The molecule has 0 unspecified atom stereocenters. The van der Waals surface area contributed by atoms with Crippen molar-refractivity contribution in [3.8, 4) is 5.75 Å². The number of benzene rings is 1. The minimum Gasteiger partial charge on any atom is -0.872 e. The van der Waals surface area contributed by atoms with Crippen molar-refractivity contribution in [2.75, 3.05) is 6.61 Å². The summed E-state index contributed by atoms with van der Waals surface area (Å²) >= 11 is 0. The first kappa shape index (κ1) is 20.1. The fraction of sp³-hybridized carbons (Fsp3) is 0.231. The van der Waals surface area contributed by atoms with E-state index in [-0.39, 0.29) is 25.5 Å². The van der Waals surface area contributed by atoms with Gasteiger partial charge in [0, 0.05) is 6.07 Å². The average Bonchev–Trinajstić information content (AvgIpc) is 2.37. The summed E-state index contributed by atoms with van der Waals surface area (Å²) in [6.07, 6.45) is 0.388. The van der Waals surface area contributed by atoms with Gasteiger partial charge in [0.1, 0.15) is 11.6 Å². The van der Waals surface area contributed by atoms with Gasteiger partial charge in [-0.05, 0) is 30.7 Å². The minimum atomic E-state index is -3.19. The van der Waals surface area contributed by atoms with Gasteiger partial charge in [-0.25, -0.2) is 9.18 Å². The molecule has 5 nitrogen and oxygen atoms in total. The third-order valence-corrected chi connectivity index (χ3v) is 2.12. The molecule has 0 aliphatic rings. The van der Waals surface area contributed by atoms with E-state index in [1.54, 1.807) is 0 Å². The molecule has 0 saturated carbocycles. The van der Waals surface area contributed by atoms with Crippen LogP contribution in [0.1, 0.15) is 12.5 Å². The molecule has 0 radical (unpaired) electrons. The molecule has 0 aromatic heterocycles. The quantitative estimate of drug-likeness (QED) is 0.205. The normalized spacial score (nSPS) is 10.9. The molecule has 0 bridgehead atoms. The Hall–Kier alpha value is -1.91. The standard InChI is InChI=1S/C13H11F3O5.Li/c1-2-20-12(19)11(18)6-10(17)7-3-8(14)5-9(4-7)21-13(15)16;/h3-6,13,17H,2H2,1H3;/q;+1/p-1/b10-6-;. The van der Waals surface area contributed by atoms with Crippen LogP contribution in [0.15, 0.2) is 24.3 Å². The smallest absolute Gasteiger partial charge is 0.872 e. The molecular weight excluding hydrogens is 300 g/mol. The van der Waals surface area contributed by atoms with Crippen molar-refractivity contribution in [1.82, 2.24) is 0 Å². The number of rotatable bonds is 6. The Morgan fingerprint density at radius 1 is 1.32 bits per heavy atom. The molecule has 1 aromatic carbocycles. The fourth-order valence-corrected chi connectivity index (χ4v) is 1.34. The molecule has 0 aliphatic carbocycles. The Labute approximate surface area is 135 Å². The molecule has 9 heteroatoms. The van der Waals surface area contributed by atoms with Gasteiger partial charge in [0.2, 0.25) is 0 Å². The van der Waals surface area contributed by atoms with Crippen LogP contribution in [0.5, 0.6) is 5.75 Å². The molecule has 0 spiro atoms. The average molecular weight is 310 g/mol. The van der Waals surface area contributed by atoms with E-state index in [4.69, 9.17) is 0 Å². The van der Waals surface area contributed by atoms with Crippen LogP contribution >= 0.6 is 0 Å². The summed E-state index contributed by atoms with van der Waals surface area (Å²) < 4.78 is 45.6. The molecule has 1 rings (SSSR count). The Morgan fingerprint density at radius 3 is 2.50 bits per heavy atom. The number of alkyl halides is 2. The first-order valence-electron chi connectivity index (χ1n) is 5.69. The van der Waals surface area contributed by atoms with E-state index >= 15 is 0 Å². The molecule has 22 heavy (non-hydrogen) atoms. The van der Waals surface area contributed by atoms with Crippen LogP contribution in [0.4, 0.5) is 13.2 Å². The van der Waals surface area contributed by atoms with E-state index in [0.29, 0.717) is 12.1 Å². The second kappa shape index (κ2) is 9.18. The topological polar surface area (TPSA) is 75.7 Å². The largest absolute Gasteiger partial charge is 1.00 e. The van der Waals surface area contributed by atoms with Crippen molar-refractivity contribution in [1.29, 1.82) is 0 Å². The van der Waals surface area contributed by atoms with Crippen molar-refractivity contribution in [2.24, 2.45) is 0 Å². The predicted octanol–water partition coefficient (Wildman–Crippen LogP) is -1.74. The van der Waals surface area contributed by atoms with E-state index < -0.39 is 41.3 Å². The van der Waals surface area contributed by atoms with Gasteiger partial charge < -0.3 is 14.6 Å². The van der Waals surface area contributed by atoms with E-state index in [1.807, 2.05) is 0 Å². The molecule has 0 fully saturated rings. The number of esters is 1. The van der Waals surface area contributed by atoms with Gasteiger partial charge in [-0.3, -0.25) is 4.79 Å². The van der Waals surface area contributed by atoms with Crippen LogP contribution in [-0.2, 0) is 14.3 Å². The third kappa shape index (κ3) is 6.24. The third-order valence-electron chi connectivity index (χ3n) is 2.12. The maximum atomic E-state index is 13.2. The van der Waals surface area contributed by atoms with Crippen molar-refractivity contribution in [3.63, 3.8) is 0 Å². The summed E-state index contributed by atoms with van der Waals surface area (Å²) in [5.74, 6) is -5.10. The molecule has 0 N–H and O–H groups in total. The Balaban J connectivity index is 0.00000441. The van der Waals surface area contributed by atoms with Crippen LogP contribution in [0.3, 0.4) is 0 Å². The molecule has 114 valence electrons. The molecule has 0 atom stereocenters. The van der Waals surface area contributed by atoms with Gasteiger partial charge in [-0.15, -0.1) is 0 Å². The van der Waals surface area contributed by atoms with Crippen molar-refractivity contribution in [2.45, 2.75) is 13.5 Å². The summed E-state index contributed by atoms with van der Waals surface area (Å²) in [5, 5.41) is 11.7. The number of halogens is 3. The number of ketones is 1. The van der Waals surface area contributed by atoms with Gasteiger partial charge in [0.05, 0.1) is 6.61 Å². The molecular formula is C13H10F3LiO5. The van der Waals surface area contributed by atoms with Gasteiger partial charge in [-0.2, -0.15) is 8.78 Å². The van der Waals surface area contributed by atoms with Crippen LogP contribution < -0.4 is 28.7 Å². The van der Waals surface area contributed by atoms with Crippen molar-refractivity contribution in [3.05, 3.63) is 35.7 Å². The van der Waals surface area contributed by atoms with Crippen LogP contribution in [-0.4, -0.2) is 25.0 Å². The Morgan fingerprint density at radius 2 is 1.95 bits per heavy atom. The van der Waals surface area contributed by atoms with E-state index in [1.165, 1.54) is 6.92 Å². The van der Waals surface area contributed by atoms with Crippen LogP contribution in [0.25, 0.3) is 5.76 Å². The maximum Gasteiger partial charge on any atom is 1.00 e. The second-order valence-corrected chi connectivity index (χ2v) is 3.65. The molecule has 0 aliphatic heterocycles. The molecule has 0 saturated heterocycles. The van der Waals surface area contributed by atoms with Gasteiger partial charge in [0.15, 0.2) is 0 Å². The SMILES string of the molecule is CCOC(=O)C(=O)/C=C(\[O-])c1cc(F)cc(OC(F)F)c1.[Li+]. The number of carbonyl (C=O) groups excluding carboxylic acids is 2. The number of hydrogen-bond donors (Lipinski definition) is 0. The zero-order valence-corrected chi connectivity index (χ0v) is 11.8.